The number of hydrogen-bond donors (Lipinski definition) is 0. The van der Waals surface area contributed by atoms with Crippen LogP contribution in [0.25, 0.3) is 0 Å². The van der Waals surface area contributed by atoms with E-state index in [-0.39, 0.29) is 16.7 Å². The van der Waals surface area contributed by atoms with Crippen LogP contribution in [0.4, 0.5) is 5.95 Å². The Hall–Kier alpha value is -1.85. The Balaban J connectivity index is 1.98. The van der Waals surface area contributed by atoms with E-state index in [2.05, 4.69) is 21.6 Å². The predicted octanol–water partition coefficient (Wildman–Crippen LogP) is 2.62. The van der Waals surface area contributed by atoms with Crippen molar-refractivity contribution < 1.29 is 9.32 Å². The fourth-order valence-electron chi connectivity index (χ4n) is 2.27. The van der Waals surface area contributed by atoms with Gasteiger partial charge in [-0.25, -0.2) is 0 Å². The molecule has 1 aromatic heterocycles. The van der Waals surface area contributed by atoms with Gasteiger partial charge in [-0.2, -0.15) is 4.98 Å². The van der Waals surface area contributed by atoms with Gasteiger partial charge in [-0.1, -0.05) is 48.1 Å². The van der Waals surface area contributed by atoms with Crippen molar-refractivity contribution in [2.45, 2.75) is 47.0 Å². The molecule has 0 unspecified atom stereocenters. The standard InChI is InChI=1S/C17H28N4O2/c1-12(16(2,3)4)13(22)20-8-10-21(11-9-20)15-18-14(23-19-15)17(5,6)7/h1,8-11H2,2-7H3. The Morgan fingerprint density at radius 3 is 2.09 bits per heavy atom. The Bertz CT molecular complexity index is 584. The molecule has 2 rings (SSSR count). The fraction of sp³-hybridized carbons (Fsp3) is 0.706. The van der Waals surface area contributed by atoms with Crippen molar-refractivity contribution in [3.63, 3.8) is 0 Å². The Morgan fingerprint density at radius 1 is 1.09 bits per heavy atom. The third kappa shape index (κ3) is 3.92. The molecule has 1 aliphatic heterocycles. The van der Waals surface area contributed by atoms with Crippen LogP contribution in [0.2, 0.25) is 0 Å². The second kappa shape index (κ2) is 5.98. The highest BCUT2D eigenvalue weighted by molar-refractivity contribution is 5.94. The van der Waals surface area contributed by atoms with Crippen molar-refractivity contribution in [1.29, 1.82) is 0 Å². The van der Waals surface area contributed by atoms with Crippen LogP contribution in [-0.4, -0.2) is 47.1 Å². The molecule has 0 aromatic carbocycles. The second-order valence-electron chi connectivity index (χ2n) is 8.16. The van der Waals surface area contributed by atoms with E-state index in [1.165, 1.54) is 0 Å². The molecular formula is C17H28N4O2. The molecule has 1 aromatic rings. The van der Waals surface area contributed by atoms with Gasteiger partial charge in [0.2, 0.25) is 11.8 Å². The lowest BCUT2D eigenvalue weighted by Crippen LogP contribution is -2.50. The summed E-state index contributed by atoms with van der Waals surface area (Å²) in [6.45, 7) is 18.8. The van der Waals surface area contributed by atoms with Gasteiger partial charge in [-0.15, -0.1) is 0 Å². The van der Waals surface area contributed by atoms with E-state index >= 15 is 0 Å². The molecule has 1 saturated heterocycles. The molecule has 2 heterocycles. The topological polar surface area (TPSA) is 62.5 Å². The lowest BCUT2D eigenvalue weighted by Gasteiger charge is -2.36. The molecule has 6 heteroatoms. The van der Waals surface area contributed by atoms with Crippen molar-refractivity contribution in [2.24, 2.45) is 5.41 Å². The van der Waals surface area contributed by atoms with Gasteiger partial charge in [0.1, 0.15) is 0 Å². The van der Waals surface area contributed by atoms with Crippen LogP contribution in [-0.2, 0) is 10.2 Å². The van der Waals surface area contributed by atoms with Crippen molar-refractivity contribution in [1.82, 2.24) is 15.0 Å². The van der Waals surface area contributed by atoms with Crippen LogP contribution in [0.1, 0.15) is 47.4 Å². The van der Waals surface area contributed by atoms with E-state index in [1.807, 2.05) is 46.4 Å². The molecule has 0 saturated carbocycles. The molecule has 0 bridgehead atoms. The number of carbonyl (C=O) groups is 1. The minimum atomic E-state index is -0.205. The second-order valence-corrected chi connectivity index (χ2v) is 8.16. The lowest BCUT2D eigenvalue weighted by atomic mass is 9.86. The van der Waals surface area contributed by atoms with Crippen molar-refractivity contribution in [3.8, 4) is 0 Å². The van der Waals surface area contributed by atoms with Gasteiger partial charge >= 0.3 is 0 Å². The smallest absolute Gasteiger partial charge is 0.266 e. The molecule has 1 aliphatic rings. The summed E-state index contributed by atoms with van der Waals surface area (Å²) >= 11 is 0. The van der Waals surface area contributed by atoms with E-state index in [9.17, 15) is 4.79 Å². The summed E-state index contributed by atoms with van der Waals surface area (Å²) in [7, 11) is 0. The highest BCUT2D eigenvalue weighted by atomic mass is 16.5. The van der Waals surface area contributed by atoms with E-state index < -0.39 is 0 Å². The molecule has 0 atom stereocenters. The van der Waals surface area contributed by atoms with Crippen molar-refractivity contribution in [3.05, 3.63) is 18.0 Å². The first-order valence-corrected chi connectivity index (χ1v) is 8.08. The summed E-state index contributed by atoms with van der Waals surface area (Å²) < 4.78 is 5.34. The van der Waals surface area contributed by atoms with E-state index in [1.54, 1.807) is 0 Å². The zero-order valence-electron chi connectivity index (χ0n) is 15.1. The number of carbonyl (C=O) groups excluding carboxylic acids is 1. The molecule has 0 radical (unpaired) electrons. The number of rotatable bonds is 2. The summed E-state index contributed by atoms with van der Waals surface area (Å²) in [6.07, 6.45) is 0. The average molecular weight is 320 g/mol. The number of piperazine rings is 1. The molecule has 0 spiro atoms. The SMILES string of the molecule is C=C(C(=O)N1CCN(c2noc(C(C)(C)C)n2)CC1)C(C)(C)C. The van der Waals surface area contributed by atoms with Gasteiger partial charge in [0.15, 0.2) is 0 Å². The molecule has 0 aliphatic carbocycles. The molecular weight excluding hydrogens is 292 g/mol. The van der Waals surface area contributed by atoms with Crippen LogP contribution in [0.5, 0.6) is 0 Å². The van der Waals surface area contributed by atoms with E-state index in [0.29, 0.717) is 43.6 Å². The number of nitrogens with zero attached hydrogens (tertiary/aromatic N) is 4. The maximum Gasteiger partial charge on any atom is 0.266 e. The summed E-state index contributed by atoms with van der Waals surface area (Å²) in [5, 5.41) is 4.07. The van der Waals surface area contributed by atoms with Crippen LogP contribution < -0.4 is 4.90 Å². The van der Waals surface area contributed by atoms with E-state index in [4.69, 9.17) is 4.52 Å². The highest BCUT2D eigenvalue weighted by Crippen LogP contribution is 2.26. The minimum Gasteiger partial charge on any atom is -0.337 e. The van der Waals surface area contributed by atoms with Crippen LogP contribution in [0.3, 0.4) is 0 Å². The third-order valence-electron chi connectivity index (χ3n) is 4.07. The summed E-state index contributed by atoms with van der Waals surface area (Å²) in [6, 6.07) is 0. The van der Waals surface area contributed by atoms with Gasteiger partial charge in [0, 0.05) is 37.2 Å². The fourth-order valence-corrected chi connectivity index (χ4v) is 2.27. The van der Waals surface area contributed by atoms with Crippen LogP contribution in [0.15, 0.2) is 16.7 Å². The quantitative estimate of drug-likeness (QED) is 0.784. The monoisotopic (exact) mass is 320 g/mol. The Labute approximate surface area is 138 Å². The molecule has 0 N–H and O–H groups in total. The van der Waals surface area contributed by atoms with Crippen molar-refractivity contribution in [2.75, 3.05) is 31.1 Å². The third-order valence-corrected chi connectivity index (χ3v) is 4.07. The molecule has 128 valence electrons. The van der Waals surface area contributed by atoms with Crippen molar-refractivity contribution >= 4 is 11.9 Å². The number of aromatic nitrogens is 2. The number of anilines is 1. The minimum absolute atomic E-state index is 0.0423. The maximum atomic E-state index is 12.5. The lowest BCUT2D eigenvalue weighted by molar-refractivity contribution is -0.128. The zero-order chi connectivity index (χ0) is 17.4. The largest absolute Gasteiger partial charge is 0.337 e. The maximum absolute atomic E-state index is 12.5. The van der Waals surface area contributed by atoms with Gasteiger partial charge in [-0.3, -0.25) is 4.79 Å². The van der Waals surface area contributed by atoms with Crippen LogP contribution >= 0.6 is 0 Å². The van der Waals surface area contributed by atoms with E-state index in [0.717, 1.165) is 0 Å². The van der Waals surface area contributed by atoms with Gasteiger partial charge in [0.05, 0.1) is 0 Å². The van der Waals surface area contributed by atoms with Gasteiger partial charge in [-0.05, 0) is 10.6 Å². The van der Waals surface area contributed by atoms with Crippen LogP contribution in [0, 0.1) is 5.41 Å². The molecule has 1 amide bonds. The zero-order valence-corrected chi connectivity index (χ0v) is 15.1. The summed E-state index contributed by atoms with van der Waals surface area (Å²) in [4.78, 5) is 20.9. The summed E-state index contributed by atoms with van der Waals surface area (Å²) in [5.74, 6) is 1.28. The predicted molar refractivity (Wildman–Crippen MR) is 90.4 cm³/mol. The number of amides is 1. The Morgan fingerprint density at radius 2 is 1.65 bits per heavy atom. The Kier molecular flexibility index (Phi) is 4.55. The normalized spacial score (nSPS) is 16.6. The first kappa shape index (κ1) is 17.5. The average Bonchev–Trinajstić information content (AvgIpc) is 2.95. The van der Waals surface area contributed by atoms with Gasteiger partial charge < -0.3 is 14.3 Å². The first-order chi connectivity index (χ1) is 10.5. The molecule has 6 nitrogen and oxygen atoms in total. The van der Waals surface area contributed by atoms with Gasteiger partial charge in [0.25, 0.3) is 5.95 Å². The first-order valence-electron chi connectivity index (χ1n) is 8.08. The number of hydrogen-bond acceptors (Lipinski definition) is 5. The highest BCUT2D eigenvalue weighted by Gasteiger charge is 2.30. The summed E-state index contributed by atoms with van der Waals surface area (Å²) in [5.41, 5.74) is 0.289. The molecule has 1 fully saturated rings. The molecule has 23 heavy (non-hydrogen) atoms.